The average Bonchev–Trinajstić information content (AvgIpc) is 2.54. The van der Waals surface area contributed by atoms with Gasteiger partial charge < -0.3 is 4.74 Å². The minimum absolute atomic E-state index is 0.0909. The molecule has 1 heterocycles. The molecule has 0 saturated heterocycles. The van der Waals surface area contributed by atoms with E-state index in [1.54, 1.807) is 7.11 Å². The summed E-state index contributed by atoms with van der Waals surface area (Å²) in [7, 11) is 1.67. The molecule has 0 atom stereocenters. The molecular formula is C13H16N2O. The Morgan fingerprint density at radius 2 is 1.94 bits per heavy atom. The number of methoxy groups -OCH3 is 1. The summed E-state index contributed by atoms with van der Waals surface area (Å²) in [6, 6.07) is 7.94. The summed E-state index contributed by atoms with van der Waals surface area (Å²) in [5.74, 6) is 0.848. The van der Waals surface area contributed by atoms with Crippen LogP contribution in [0.3, 0.4) is 0 Å². The minimum atomic E-state index is -0.0909. The van der Waals surface area contributed by atoms with Gasteiger partial charge in [0, 0.05) is 16.7 Å². The van der Waals surface area contributed by atoms with Gasteiger partial charge in [-0.25, -0.2) is 0 Å². The van der Waals surface area contributed by atoms with E-state index in [4.69, 9.17) is 4.74 Å². The maximum Gasteiger partial charge on any atom is 0.119 e. The van der Waals surface area contributed by atoms with Gasteiger partial charge in [-0.05, 0) is 32.9 Å². The predicted octanol–water partition coefficient (Wildman–Crippen LogP) is 2.90. The Hall–Kier alpha value is -1.64. The fourth-order valence-electron chi connectivity index (χ4n) is 1.74. The van der Waals surface area contributed by atoms with Crippen LogP contribution in [0, 0.1) is 5.41 Å². The molecule has 1 aliphatic heterocycles. The lowest BCUT2D eigenvalue weighted by Gasteiger charge is -2.20. The highest BCUT2D eigenvalue weighted by atomic mass is 16.5. The van der Waals surface area contributed by atoms with E-state index >= 15 is 0 Å². The van der Waals surface area contributed by atoms with Crippen molar-refractivity contribution in [3.8, 4) is 5.75 Å². The van der Waals surface area contributed by atoms with E-state index in [9.17, 15) is 0 Å². The summed E-state index contributed by atoms with van der Waals surface area (Å²) in [6.07, 6.45) is 0. The molecule has 84 valence electrons. The van der Waals surface area contributed by atoms with E-state index < -0.39 is 0 Å². The lowest BCUT2D eigenvalue weighted by molar-refractivity contribution is 0.414. The Bertz CT molecular complexity index is 473. The standard InChI is InChI=1S/C13H16N2O/c1-9-13(2,3)12(15-14-9)10-6-5-7-11(8-10)16-4/h5-8H,1-4H3. The second-order valence-electron chi connectivity index (χ2n) is 4.49. The van der Waals surface area contributed by atoms with Gasteiger partial charge in [0.15, 0.2) is 0 Å². The zero-order valence-corrected chi connectivity index (χ0v) is 10.1. The van der Waals surface area contributed by atoms with Gasteiger partial charge in [0.05, 0.1) is 12.8 Å². The van der Waals surface area contributed by atoms with Crippen LogP contribution in [0.15, 0.2) is 34.5 Å². The first-order chi connectivity index (χ1) is 7.55. The molecule has 0 fully saturated rings. The van der Waals surface area contributed by atoms with Gasteiger partial charge in [0.1, 0.15) is 5.75 Å². The molecule has 0 spiro atoms. The lowest BCUT2D eigenvalue weighted by Crippen LogP contribution is -2.28. The van der Waals surface area contributed by atoms with E-state index in [1.165, 1.54) is 0 Å². The van der Waals surface area contributed by atoms with Gasteiger partial charge in [-0.3, -0.25) is 0 Å². The molecule has 0 unspecified atom stereocenters. The highest BCUT2D eigenvalue weighted by Gasteiger charge is 2.33. The smallest absolute Gasteiger partial charge is 0.119 e. The first-order valence-electron chi connectivity index (χ1n) is 5.33. The van der Waals surface area contributed by atoms with Crippen molar-refractivity contribution >= 4 is 11.4 Å². The molecule has 3 nitrogen and oxygen atoms in total. The van der Waals surface area contributed by atoms with Crippen LogP contribution >= 0.6 is 0 Å². The number of rotatable bonds is 2. The summed E-state index contributed by atoms with van der Waals surface area (Å²) in [5.41, 5.74) is 3.03. The van der Waals surface area contributed by atoms with E-state index in [2.05, 4.69) is 24.1 Å². The van der Waals surface area contributed by atoms with Gasteiger partial charge in [-0.2, -0.15) is 10.2 Å². The van der Waals surface area contributed by atoms with Crippen LogP contribution < -0.4 is 4.74 Å². The zero-order valence-electron chi connectivity index (χ0n) is 10.1. The number of benzene rings is 1. The van der Waals surface area contributed by atoms with Crippen molar-refractivity contribution in [3.05, 3.63) is 29.8 Å². The van der Waals surface area contributed by atoms with E-state index in [0.717, 1.165) is 22.7 Å². The molecule has 1 aliphatic rings. The van der Waals surface area contributed by atoms with E-state index in [0.29, 0.717) is 0 Å². The molecule has 0 saturated carbocycles. The maximum atomic E-state index is 5.22. The van der Waals surface area contributed by atoms with Crippen LogP contribution in [-0.2, 0) is 0 Å². The molecule has 0 radical (unpaired) electrons. The Morgan fingerprint density at radius 3 is 2.50 bits per heavy atom. The largest absolute Gasteiger partial charge is 0.497 e. The first kappa shape index (κ1) is 10.9. The first-order valence-corrected chi connectivity index (χ1v) is 5.33. The molecule has 0 bridgehead atoms. The molecule has 3 heteroatoms. The number of ether oxygens (including phenoxy) is 1. The number of nitrogens with zero attached hydrogens (tertiary/aromatic N) is 2. The summed E-state index contributed by atoms with van der Waals surface area (Å²) in [6.45, 7) is 6.28. The summed E-state index contributed by atoms with van der Waals surface area (Å²) >= 11 is 0. The minimum Gasteiger partial charge on any atom is -0.497 e. The lowest BCUT2D eigenvalue weighted by atomic mass is 9.80. The third-order valence-corrected chi connectivity index (χ3v) is 3.14. The SMILES string of the molecule is COc1cccc(C2=NN=C(C)C2(C)C)c1. The summed E-state index contributed by atoms with van der Waals surface area (Å²) < 4.78 is 5.22. The Kier molecular flexibility index (Phi) is 2.54. The number of hydrogen-bond donors (Lipinski definition) is 0. The molecule has 0 N–H and O–H groups in total. The normalized spacial score (nSPS) is 18.0. The van der Waals surface area contributed by atoms with Crippen LogP contribution in [0.1, 0.15) is 26.3 Å². The van der Waals surface area contributed by atoms with E-state index in [1.807, 2.05) is 31.2 Å². The molecule has 0 aliphatic carbocycles. The fraction of sp³-hybridized carbons (Fsp3) is 0.385. The third-order valence-electron chi connectivity index (χ3n) is 3.14. The second-order valence-corrected chi connectivity index (χ2v) is 4.49. The van der Waals surface area contributed by atoms with Gasteiger partial charge >= 0.3 is 0 Å². The van der Waals surface area contributed by atoms with Crippen LogP contribution in [-0.4, -0.2) is 18.5 Å². The molecule has 2 rings (SSSR count). The Labute approximate surface area is 95.9 Å². The molecule has 0 aromatic heterocycles. The highest BCUT2D eigenvalue weighted by Crippen LogP contribution is 2.30. The van der Waals surface area contributed by atoms with Gasteiger partial charge in [-0.15, -0.1) is 0 Å². The van der Waals surface area contributed by atoms with Crippen molar-refractivity contribution in [2.45, 2.75) is 20.8 Å². The van der Waals surface area contributed by atoms with E-state index in [-0.39, 0.29) is 5.41 Å². The van der Waals surface area contributed by atoms with Gasteiger partial charge in [-0.1, -0.05) is 12.1 Å². The van der Waals surface area contributed by atoms with Gasteiger partial charge in [0.2, 0.25) is 0 Å². The van der Waals surface area contributed by atoms with Crippen molar-refractivity contribution in [1.29, 1.82) is 0 Å². The maximum absolute atomic E-state index is 5.22. The quantitative estimate of drug-likeness (QED) is 0.748. The molecule has 1 aromatic rings. The van der Waals surface area contributed by atoms with Crippen LogP contribution in [0.25, 0.3) is 0 Å². The molecular weight excluding hydrogens is 200 g/mol. The van der Waals surface area contributed by atoms with Crippen LogP contribution in [0.5, 0.6) is 5.75 Å². The predicted molar refractivity (Wildman–Crippen MR) is 66.4 cm³/mol. The Balaban J connectivity index is 2.40. The number of hydrogen-bond acceptors (Lipinski definition) is 3. The van der Waals surface area contributed by atoms with Crippen molar-refractivity contribution in [2.24, 2.45) is 15.6 Å². The third kappa shape index (κ3) is 1.62. The van der Waals surface area contributed by atoms with Crippen LogP contribution in [0.2, 0.25) is 0 Å². The summed E-state index contributed by atoms with van der Waals surface area (Å²) in [5, 5.41) is 8.43. The second kappa shape index (κ2) is 3.74. The molecule has 16 heavy (non-hydrogen) atoms. The molecule has 0 amide bonds. The van der Waals surface area contributed by atoms with Crippen molar-refractivity contribution in [3.63, 3.8) is 0 Å². The zero-order chi connectivity index (χ0) is 11.8. The highest BCUT2D eigenvalue weighted by molar-refractivity contribution is 6.20. The van der Waals surface area contributed by atoms with Gasteiger partial charge in [0.25, 0.3) is 0 Å². The van der Waals surface area contributed by atoms with Crippen molar-refractivity contribution in [2.75, 3.05) is 7.11 Å². The van der Waals surface area contributed by atoms with Crippen LogP contribution in [0.4, 0.5) is 0 Å². The average molecular weight is 216 g/mol. The molecule has 1 aromatic carbocycles. The topological polar surface area (TPSA) is 34.0 Å². The monoisotopic (exact) mass is 216 g/mol. The van der Waals surface area contributed by atoms with Crippen molar-refractivity contribution in [1.82, 2.24) is 0 Å². The fourth-order valence-corrected chi connectivity index (χ4v) is 1.74. The Morgan fingerprint density at radius 1 is 1.19 bits per heavy atom. The summed E-state index contributed by atoms with van der Waals surface area (Å²) in [4.78, 5) is 0. The van der Waals surface area contributed by atoms with Crippen molar-refractivity contribution < 1.29 is 4.74 Å².